The predicted octanol–water partition coefficient (Wildman–Crippen LogP) is 2.79. The highest BCUT2D eigenvalue weighted by molar-refractivity contribution is 5.94. The minimum absolute atomic E-state index is 0.0416. The minimum Gasteiger partial charge on any atom is -0.465 e. The summed E-state index contributed by atoms with van der Waals surface area (Å²) in [4.78, 5) is 36.2. The largest absolute Gasteiger partial charge is 0.465 e. The van der Waals surface area contributed by atoms with Gasteiger partial charge in [0.2, 0.25) is 0 Å². The Bertz CT molecular complexity index is 592. The Labute approximate surface area is 140 Å². The maximum absolute atomic E-state index is 12.4. The normalized spacial score (nSPS) is 15.1. The van der Waals surface area contributed by atoms with Crippen molar-refractivity contribution in [1.82, 2.24) is 4.90 Å². The molecular weight excluding hydrogens is 312 g/mol. The van der Waals surface area contributed by atoms with Gasteiger partial charge in [0, 0.05) is 30.8 Å². The zero-order valence-corrected chi connectivity index (χ0v) is 13.8. The first kappa shape index (κ1) is 17.9. The maximum Gasteiger partial charge on any atom is 0.309 e. The van der Waals surface area contributed by atoms with Crippen LogP contribution in [0.5, 0.6) is 0 Å². The van der Waals surface area contributed by atoms with Crippen LogP contribution in [0.2, 0.25) is 0 Å². The average Bonchev–Trinajstić information content (AvgIpc) is 2.61. The number of carbonyl (C=O) groups is 2. The molecule has 7 heteroatoms. The summed E-state index contributed by atoms with van der Waals surface area (Å²) in [5.41, 5.74) is 0.379. The molecule has 2 rings (SSSR count). The average molecular weight is 334 g/mol. The van der Waals surface area contributed by atoms with Gasteiger partial charge in [-0.1, -0.05) is 13.3 Å². The van der Waals surface area contributed by atoms with Crippen molar-refractivity contribution in [1.29, 1.82) is 0 Å². The summed E-state index contributed by atoms with van der Waals surface area (Å²) in [7, 11) is 0. The van der Waals surface area contributed by atoms with E-state index in [1.54, 1.807) is 4.90 Å². The number of nitro benzene ring substituents is 1. The van der Waals surface area contributed by atoms with Crippen molar-refractivity contribution in [3.63, 3.8) is 0 Å². The van der Waals surface area contributed by atoms with Gasteiger partial charge in [0.1, 0.15) is 0 Å². The van der Waals surface area contributed by atoms with Crippen molar-refractivity contribution in [3.8, 4) is 0 Å². The number of ether oxygens (including phenoxy) is 1. The van der Waals surface area contributed by atoms with Gasteiger partial charge in [0.05, 0.1) is 17.4 Å². The minimum atomic E-state index is -0.496. The smallest absolute Gasteiger partial charge is 0.309 e. The lowest BCUT2D eigenvalue weighted by molar-refractivity contribution is -0.384. The van der Waals surface area contributed by atoms with E-state index >= 15 is 0 Å². The predicted molar refractivity (Wildman–Crippen MR) is 87.6 cm³/mol. The summed E-state index contributed by atoms with van der Waals surface area (Å²) >= 11 is 0. The van der Waals surface area contributed by atoms with Crippen molar-refractivity contribution < 1.29 is 19.2 Å². The molecule has 1 aliphatic rings. The fourth-order valence-electron chi connectivity index (χ4n) is 2.66. The Balaban J connectivity index is 1.86. The van der Waals surface area contributed by atoms with Gasteiger partial charge in [-0.05, 0) is 31.4 Å². The molecule has 0 atom stereocenters. The quantitative estimate of drug-likeness (QED) is 0.345. The van der Waals surface area contributed by atoms with Crippen LogP contribution in [0.15, 0.2) is 24.3 Å². The molecule has 1 aromatic carbocycles. The third kappa shape index (κ3) is 4.53. The number of likely N-dealkylation sites (tertiary alicyclic amines) is 1. The van der Waals surface area contributed by atoms with Gasteiger partial charge in [-0.15, -0.1) is 0 Å². The summed E-state index contributed by atoms with van der Waals surface area (Å²) < 4.78 is 5.23. The highest BCUT2D eigenvalue weighted by Gasteiger charge is 2.28. The fraction of sp³-hybridized carbons (Fsp3) is 0.529. The summed E-state index contributed by atoms with van der Waals surface area (Å²) in [5, 5.41) is 10.6. The highest BCUT2D eigenvalue weighted by Crippen LogP contribution is 2.21. The molecule has 0 aliphatic carbocycles. The van der Waals surface area contributed by atoms with Gasteiger partial charge in [-0.3, -0.25) is 19.7 Å². The lowest BCUT2D eigenvalue weighted by atomic mass is 9.96. The number of hydrogen-bond donors (Lipinski definition) is 0. The molecule has 0 unspecified atom stereocenters. The second kappa shape index (κ2) is 8.42. The molecule has 0 spiro atoms. The van der Waals surface area contributed by atoms with E-state index in [1.165, 1.54) is 24.3 Å². The molecule has 1 fully saturated rings. The topological polar surface area (TPSA) is 89.8 Å². The number of hydrogen-bond acceptors (Lipinski definition) is 5. The van der Waals surface area contributed by atoms with E-state index in [1.807, 2.05) is 6.92 Å². The molecule has 0 N–H and O–H groups in total. The number of piperidine rings is 1. The number of rotatable bonds is 6. The lowest BCUT2D eigenvalue weighted by Gasteiger charge is -2.31. The molecule has 1 saturated heterocycles. The van der Waals surface area contributed by atoms with Crippen LogP contribution in [-0.4, -0.2) is 41.4 Å². The third-order valence-corrected chi connectivity index (χ3v) is 4.18. The molecule has 1 amide bonds. The number of esters is 1. The molecule has 0 aromatic heterocycles. The van der Waals surface area contributed by atoms with Crippen LogP contribution in [0.4, 0.5) is 5.69 Å². The highest BCUT2D eigenvalue weighted by atomic mass is 16.6. The second-order valence-corrected chi connectivity index (χ2v) is 5.89. The van der Waals surface area contributed by atoms with E-state index in [0.717, 1.165) is 12.8 Å². The number of nitro groups is 1. The van der Waals surface area contributed by atoms with Gasteiger partial charge in [-0.25, -0.2) is 0 Å². The lowest BCUT2D eigenvalue weighted by Crippen LogP contribution is -2.40. The van der Waals surface area contributed by atoms with Crippen LogP contribution < -0.4 is 0 Å². The standard InChI is InChI=1S/C17H22N2O5/c1-2-3-12-24-17(21)14-8-10-18(11-9-14)16(20)13-4-6-15(7-5-13)19(22)23/h4-7,14H,2-3,8-12H2,1H3. The van der Waals surface area contributed by atoms with Crippen LogP contribution in [-0.2, 0) is 9.53 Å². The van der Waals surface area contributed by atoms with E-state index in [-0.39, 0.29) is 23.5 Å². The Morgan fingerprint density at radius 1 is 1.25 bits per heavy atom. The fourth-order valence-corrected chi connectivity index (χ4v) is 2.66. The molecular formula is C17H22N2O5. The van der Waals surface area contributed by atoms with Crippen molar-refractivity contribution in [2.45, 2.75) is 32.6 Å². The van der Waals surface area contributed by atoms with Crippen LogP contribution in [0.1, 0.15) is 43.0 Å². The van der Waals surface area contributed by atoms with Crippen LogP contribution in [0, 0.1) is 16.0 Å². The van der Waals surface area contributed by atoms with E-state index in [9.17, 15) is 19.7 Å². The zero-order valence-electron chi connectivity index (χ0n) is 13.8. The van der Waals surface area contributed by atoms with Crippen molar-refractivity contribution in [2.75, 3.05) is 19.7 Å². The molecule has 0 saturated carbocycles. The molecule has 1 aromatic rings. The van der Waals surface area contributed by atoms with Gasteiger partial charge in [-0.2, -0.15) is 0 Å². The monoisotopic (exact) mass is 334 g/mol. The van der Waals surface area contributed by atoms with E-state index in [2.05, 4.69) is 0 Å². The first-order chi connectivity index (χ1) is 11.5. The van der Waals surface area contributed by atoms with Gasteiger partial charge >= 0.3 is 5.97 Å². The van der Waals surface area contributed by atoms with E-state index < -0.39 is 4.92 Å². The van der Waals surface area contributed by atoms with Crippen LogP contribution in [0.25, 0.3) is 0 Å². The molecule has 1 heterocycles. The van der Waals surface area contributed by atoms with E-state index in [0.29, 0.717) is 38.1 Å². The first-order valence-electron chi connectivity index (χ1n) is 8.23. The Kier molecular flexibility index (Phi) is 6.28. The van der Waals surface area contributed by atoms with Crippen molar-refractivity contribution in [3.05, 3.63) is 39.9 Å². The Morgan fingerprint density at radius 2 is 1.88 bits per heavy atom. The maximum atomic E-state index is 12.4. The number of nitrogens with zero attached hydrogens (tertiary/aromatic N) is 2. The summed E-state index contributed by atoms with van der Waals surface area (Å²) in [6.45, 7) is 3.47. The van der Waals surface area contributed by atoms with Gasteiger partial charge in [0.15, 0.2) is 0 Å². The summed E-state index contributed by atoms with van der Waals surface area (Å²) in [5.74, 6) is -0.489. The van der Waals surface area contributed by atoms with Crippen LogP contribution in [0.3, 0.4) is 0 Å². The Hall–Kier alpha value is -2.44. The SMILES string of the molecule is CCCCOC(=O)C1CCN(C(=O)c2ccc([N+](=O)[O-])cc2)CC1. The molecule has 0 radical (unpaired) electrons. The molecule has 7 nitrogen and oxygen atoms in total. The second-order valence-electron chi connectivity index (χ2n) is 5.89. The molecule has 0 bridgehead atoms. The third-order valence-electron chi connectivity index (χ3n) is 4.18. The number of non-ortho nitro benzene ring substituents is 1. The van der Waals surface area contributed by atoms with Gasteiger partial charge in [0.25, 0.3) is 11.6 Å². The van der Waals surface area contributed by atoms with Gasteiger partial charge < -0.3 is 9.64 Å². The number of benzene rings is 1. The summed E-state index contributed by atoms with van der Waals surface area (Å²) in [6, 6.07) is 5.58. The number of carbonyl (C=O) groups excluding carboxylic acids is 2. The van der Waals surface area contributed by atoms with Crippen molar-refractivity contribution >= 4 is 17.6 Å². The Morgan fingerprint density at radius 3 is 2.42 bits per heavy atom. The summed E-state index contributed by atoms with van der Waals surface area (Å²) in [6.07, 6.45) is 3.02. The first-order valence-corrected chi connectivity index (χ1v) is 8.23. The number of unbranched alkanes of at least 4 members (excludes halogenated alkanes) is 1. The van der Waals surface area contributed by atoms with Crippen LogP contribution >= 0.6 is 0 Å². The zero-order chi connectivity index (χ0) is 17.5. The number of amides is 1. The molecule has 1 aliphatic heterocycles. The van der Waals surface area contributed by atoms with E-state index in [4.69, 9.17) is 4.74 Å². The molecule has 24 heavy (non-hydrogen) atoms. The molecule has 130 valence electrons. The van der Waals surface area contributed by atoms with Crippen molar-refractivity contribution in [2.24, 2.45) is 5.92 Å².